The fraction of sp³-hybridized carbons (Fsp3) is 0.900. The molecule has 0 bridgehead atoms. The van der Waals surface area contributed by atoms with Gasteiger partial charge in [-0.05, 0) is 374 Å². The Bertz CT molecular complexity index is 4090. The zero-order chi connectivity index (χ0) is 112. The molecule has 0 amide bonds. The van der Waals surface area contributed by atoms with Gasteiger partial charge in [0.2, 0.25) is 0 Å². The molecule has 0 N–H and O–H groups in total. The van der Waals surface area contributed by atoms with E-state index in [0.29, 0.717) is 61.9 Å². The molecule has 5 saturated carbocycles. The molecular formula is C120H241BrO12Si10. The summed E-state index contributed by atoms with van der Waals surface area (Å²) in [5.41, 5.74) is 5.74. The second-order valence-electron chi connectivity index (χ2n) is 62.5. The molecule has 16 atom stereocenters. The van der Waals surface area contributed by atoms with Crippen molar-refractivity contribution in [3.05, 3.63) is 58.7 Å². The lowest BCUT2D eigenvalue weighted by Gasteiger charge is -2.49. The van der Waals surface area contributed by atoms with Crippen molar-refractivity contribution in [1.29, 1.82) is 0 Å². The molecule has 0 unspecified atom stereocenters. The number of rotatable bonds is 43. The van der Waals surface area contributed by atoms with Gasteiger partial charge in [0.25, 0.3) is 0 Å². The van der Waals surface area contributed by atoms with Crippen LogP contribution in [0.5, 0.6) is 0 Å². The van der Waals surface area contributed by atoms with E-state index in [1.165, 1.54) is 76.2 Å². The Morgan fingerprint density at radius 2 is 0.748 bits per heavy atom. The molecule has 5 aliphatic rings. The van der Waals surface area contributed by atoms with Gasteiger partial charge in [0, 0.05) is 39.3 Å². The molecule has 0 spiro atoms. The molecule has 12 nitrogen and oxygen atoms in total. The summed E-state index contributed by atoms with van der Waals surface area (Å²) in [6.07, 6.45) is 31.9. The molecule has 0 radical (unpaired) electrons. The summed E-state index contributed by atoms with van der Waals surface area (Å²) in [5, 5.41) is 1.23. The first kappa shape index (κ1) is 138. The number of allylic oxidation sites excluding steroid dienone is 4. The maximum absolute atomic E-state index is 7.50. The Labute approximate surface area is 909 Å². The molecule has 23 heteroatoms. The molecule has 0 aromatic heterocycles. The van der Waals surface area contributed by atoms with Crippen LogP contribution >= 0.6 is 15.9 Å². The standard InChI is InChI=1S/C60H120O6Si5.C31H61BrO2Si2.C29H60O4Si3/c1-44(34-39-51(64-69(25,26)56(9,10)11)59(18,19)66-71(29,30)58(15,16)17)48-37-38-49-46(33-31-40-60(48,49)20)35-36-47-43-50(63-68(23,24)55(6,7)8)53(52(45(47)2)65-70(27,28)57(12,13)14)61-41-32-42-62-67(21,22)54(3,4)5;1-23(25-18-19-26-24(22-32)16-15-21-31(25,26)10)17-20-27(33-35(11,12)28(2,3)4)30(8,9)34-36(13,14)29(5,6)7;1-18-21-25(33-36(16,17)29(9,10)11)26(24(19-2)32-35(14,15)28(6,7)8)30-22-20-23-31-34(12,13)27(3,4)5/h35-36,44,48-53H,2,31-34,37-43H2,1,3-30H3;22-23,25-27H,15-21H2,1-14H3;1,19,24-26H,2,20-23H2,3-17H3/b46-35+,47-36-;24-22+;/t44-,48-,49+,50-,51+,52-,53-,60-;23-,25-,26+,27+,31-;24-,25-,26+/m111/s1. The van der Waals surface area contributed by atoms with Gasteiger partial charge in [0.15, 0.2) is 83.2 Å². The Morgan fingerprint density at radius 3 is 1.10 bits per heavy atom. The second kappa shape index (κ2) is 50.5. The summed E-state index contributed by atoms with van der Waals surface area (Å²) in [5.74, 6) is 7.03. The fourth-order valence-electron chi connectivity index (χ4n) is 20.1. The Balaban J connectivity index is 0.000000611. The van der Waals surface area contributed by atoms with Crippen LogP contribution in [0.25, 0.3) is 0 Å². The van der Waals surface area contributed by atoms with Gasteiger partial charge in [0.05, 0.1) is 47.8 Å². The summed E-state index contributed by atoms with van der Waals surface area (Å²) in [6.45, 7) is 148. The van der Waals surface area contributed by atoms with Crippen molar-refractivity contribution in [3.8, 4) is 12.3 Å². The van der Waals surface area contributed by atoms with Crippen LogP contribution in [-0.2, 0) is 53.7 Å². The number of halogens is 1. The first-order chi connectivity index (χ1) is 63.6. The van der Waals surface area contributed by atoms with Gasteiger partial charge in [0.1, 0.15) is 12.2 Å². The molecular weight excluding hydrogens is 1990 g/mol. The monoisotopic (exact) mass is 2230 g/mol. The van der Waals surface area contributed by atoms with Crippen molar-refractivity contribution in [2.45, 2.75) is 620 Å². The van der Waals surface area contributed by atoms with Gasteiger partial charge in [-0.25, -0.2) is 0 Å². The molecule has 0 aromatic carbocycles. The minimum Gasteiger partial charge on any atom is -0.417 e. The number of hydrogen-bond donors (Lipinski definition) is 0. The third kappa shape index (κ3) is 36.8. The van der Waals surface area contributed by atoms with E-state index in [-0.39, 0.29) is 116 Å². The third-order valence-electron chi connectivity index (χ3n) is 40.3. The van der Waals surface area contributed by atoms with Crippen molar-refractivity contribution >= 4 is 99.1 Å². The van der Waals surface area contributed by atoms with E-state index in [0.717, 1.165) is 55.9 Å². The minimum absolute atomic E-state index is 0.0318. The normalized spacial score (nSPS) is 25.2. The van der Waals surface area contributed by atoms with Gasteiger partial charge >= 0.3 is 0 Å². The molecule has 0 heterocycles. The predicted molar refractivity (Wildman–Crippen MR) is 656 cm³/mol. The van der Waals surface area contributed by atoms with E-state index in [9.17, 15) is 0 Å². The number of ether oxygens (including phenoxy) is 2. The quantitative estimate of drug-likeness (QED) is 0.0251. The van der Waals surface area contributed by atoms with Crippen LogP contribution in [0.15, 0.2) is 58.7 Å². The first-order valence-electron chi connectivity index (χ1n) is 57.0. The average molecular weight is 2240 g/mol. The van der Waals surface area contributed by atoms with E-state index in [1.807, 2.05) is 6.08 Å². The average Bonchev–Trinajstić information content (AvgIpc) is 1.68. The molecule has 143 heavy (non-hydrogen) atoms. The van der Waals surface area contributed by atoms with E-state index in [1.54, 1.807) is 11.1 Å². The smallest absolute Gasteiger partial charge is 0.193 e. The van der Waals surface area contributed by atoms with Gasteiger partial charge in [-0.15, -0.1) is 18.9 Å². The Morgan fingerprint density at radius 1 is 0.413 bits per heavy atom. The van der Waals surface area contributed by atoms with Crippen LogP contribution in [-0.4, -0.2) is 170 Å². The number of fused-ring (bicyclic) bond motifs is 2. The lowest BCUT2D eigenvalue weighted by molar-refractivity contribution is -0.0879. The lowest BCUT2D eigenvalue weighted by atomic mass is 9.60. The van der Waals surface area contributed by atoms with Crippen molar-refractivity contribution in [1.82, 2.24) is 0 Å². The highest BCUT2D eigenvalue weighted by molar-refractivity contribution is 9.11. The van der Waals surface area contributed by atoms with Crippen LogP contribution in [0.1, 0.15) is 379 Å². The van der Waals surface area contributed by atoms with Crippen LogP contribution in [0.3, 0.4) is 0 Å². The highest BCUT2D eigenvalue weighted by Crippen LogP contribution is 2.63. The summed E-state index contributed by atoms with van der Waals surface area (Å²) in [6, 6.07) is 0. The van der Waals surface area contributed by atoms with E-state index in [4.69, 9.17) is 66.7 Å². The number of hydrogen-bond acceptors (Lipinski definition) is 12. The van der Waals surface area contributed by atoms with Crippen LogP contribution < -0.4 is 0 Å². The largest absolute Gasteiger partial charge is 0.417 e. The van der Waals surface area contributed by atoms with Gasteiger partial charge in [-0.3, -0.25) is 0 Å². The topological polar surface area (TPSA) is 111 Å². The highest BCUT2D eigenvalue weighted by Gasteiger charge is 2.58. The molecule has 0 aromatic rings. The van der Waals surface area contributed by atoms with Crippen molar-refractivity contribution in [2.75, 3.05) is 26.4 Å². The molecule has 5 rings (SSSR count). The van der Waals surface area contributed by atoms with E-state index in [2.05, 4.69) is 440 Å². The second-order valence-corrected chi connectivity index (χ2v) is 111. The van der Waals surface area contributed by atoms with Crippen molar-refractivity contribution < 1.29 is 53.7 Å². The molecule has 840 valence electrons. The zero-order valence-corrected chi connectivity index (χ0v) is 117. The van der Waals surface area contributed by atoms with Gasteiger partial charge in [-0.2, -0.15) is 0 Å². The van der Waals surface area contributed by atoms with Gasteiger partial charge < -0.3 is 53.7 Å². The summed E-state index contributed by atoms with van der Waals surface area (Å²) in [4.78, 5) is 2.26. The van der Waals surface area contributed by atoms with Crippen LogP contribution in [0.4, 0.5) is 0 Å². The van der Waals surface area contributed by atoms with E-state index < -0.39 is 83.2 Å². The molecule has 0 aliphatic heterocycles. The van der Waals surface area contributed by atoms with Crippen molar-refractivity contribution in [3.63, 3.8) is 0 Å². The maximum atomic E-state index is 7.50. The number of terminal acetylenes is 1. The van der Waals surface area contributed by atoms with Crippen LogP contribution in [0, 0.1) is 58.7 Å². The maximum Gasteiger partial charge on any atom is 0.193 e. The fourth-order valence-corrected chi connectivity index (χ4v) is 34.5. The Kier molecular flexibility index (Phi) is 48.6. The molecule has 5 aliphatic carbocycles. The molecule has 0 saturated heterocycles. The molecule has 5 fully saturated rings. The summed E-state index contributed by atoms with van der Waals surface area (Å²) >= 11 is 3.70. The summed E-state index contributed by atoms with van der Waals surface area (Å²) < 4.78 is 84.5. The summed E-state index contributed by atoms with van der Waals surface area (Å²) in [7, 11) is -20.3. The van der Waals surface area contributed by atoms with Crippen LogP contribution in [0.2, 0.25) is 181 Å². The van der Waals surface area contributed by atoms with Gasteiger partial charge in [-0.1, -0.05) is 287 Å². The predicted octanol–water partition coefficient (Wildman–Crippen LogP) is 39.1. The van der Waals surface area contributed by atoms with Crippen molar-refractivity contribution in [2.24, 2.45) is 46.3 Å². The highest BCUT2D eigenvalue weighted by atomic mass is 79.9. The minimum atomic E-state index is -2.25. The Hall–Kier alpha value is 0.429. The van der Waals surface area contributed by atoms with E-state index >= 15 is 0 Å². The third-order valence-corrected chi connectivity index (χ3v) is 86.2. The first-order valence-corrected chi connectivity index (χ1v) is 87.0. The lowest BCUT2D eigenvalue weighted by Crippen LogP contribution is -2.57. The zero-order valence-electron chi connectivity index (χ0n) is 106. The SMILES string of the molecule is C#CC[C@@H](O[Si](C)(C)C(C)(C)C)[C@@H](OCCCO[Si](C)(C)C(C)(C)C)[C@@H](C=C)O[Si](C)(C)C(C)(C)C.C=C1/C(=C\C=C2/CCC[C@]3(C)[C@@H]([C@H](C)CC[C@H](O[Si](C)(C)C(C)(C)C)C(C)(C)O[Si](C)(C)C(C)(C)C)CC[C@@H]23)C[C@@H](O[Si](C)(C)C(C)(C)C)[C@@H](OCCCO[Si](C)(C)C(C)(C)C)[C@@H]1O[Si](C)(C)C(C)(C)C.C[C@H](CC[C@H](O[Si](C)(C)C(C)(C)C)C(C)(C)O[Si](C)(C)C(C)(C)C)[C@H]1CC[C@H]2/C(=C/Br)CCC[C@]12C.